The molecule has 1 saturated carbocycles. The fourth-order valence-electron chi connectivity index (χ4n) is 5.90. The molecule has 12 nitrogen and oxygen atoms in total. The molecule has 2 aromatic carbocycles. The topological polar surface area (TPSA) is 144 Å². The number of alkyl halides is 3. The summed E-state index contributed by atoms with van der Waals surface area (Å²) in [5, 5.41) is 5.66. The number of halogens is 4. The molecule has 54 heavy (non-hydrogen) atoms. The van der Waals surface area contributed by atoms with Gasteiger partial charge in [-0.25, -0.2) is 13.2 Å². The van der Waals surface area contributed by atoms with Gasteiger partial charge < -0.3 is 29.7 Å². The van der Waals surface area contributed by atoms with Crippen molar-refractivity contribution in [3.63, 3.8) is 0 Å². The lowest BCUT2D eigenvalue weighted by Crippen LogP contribution is -2.66. The monoisotopic (exact) mass is 798 g/mol. The zero-order valence-electron chi connectivity index (χ0n) is 30.4. The lowest BCUT2D eigenvalue weighted by Gasteiger charge is -2.43. The van der Waals surface area contributed by atoms with E-state index < -0.39 is 61.8 Å². The molecular formula is C37H46ClF3N4O8S. The number of morpholine rings is 1. The Balaban J connectivity index is 1.55. The van der Waals surface area contributed by atoms with Gasteiger partial charge in [0.15, 0.2) is 5.60 Å². The Hall–Kier alpha value is -4.12. The zero-order chi connectivity index (χ0) is 39.9. The van der Waals surface area contributed by atoms with Crippen molar-refractivity contribution in [3.05, 3.63) is 83.9 Å². The molecule has 2 fully saturated rings. The highest BCUT2D eigenvalue weighted by Crippen LogP contribution is 2.34. The highest BCUT2D eigenvalue weighted by molar-refractivity contribution is 7.92. The maximum absolute atomic E-state index is 14.1. The first kappa shape index (κ1) is 42.6. The second-order valence-electron chi connectivity index (χ2n) is 14.0. The van der Waals surface area contributed by atoms with E-state index in [1.807, 2.05) is 0 Å². The van der Waals surface area contributed by atoms with Gasteiger partial charge in [-0.05, 0) is 75.9 Å². The Bertz CT molecular complexity index is 1820. The van der Waals surface area contributed by atoms with E-state index in [0.717, 1.165) is 47.8 Å². The minimum absolute atomic E-state index is 0.0203. The Labute approximate surface area is 318 Å². The van der Waals surface area contributed by atoms with Gasteiger partial charge in [-0.1, -0.05) is 36.2 Å². The first-order chi connectivity index (χ1) is 25.3. The molecule has 4 rings (SSSR count). The van der Waals surface area contributed by atoms with E-state index in [4.69, 9.17) is 25.8 Å². The van der Waals surface area contributed by atoms with E-state index >= 15 is 0 Å². The Morgan fingerprint density at radius 2 is 1.85 bits per heavy atom. The van der Waals surface area contributed by atoms with Gasteiger partial charge in [0.05, 0.1) is 59.6 Å². The van der Waals surface area contributed by atoms with Crippen LogP contribution in [0.15, 0.2) is 72.7 Å². The van der Waals surface area contributed by atoms with Crippen molar-refractivity contribution < 1.29 is 50.2 Å². The molecule has 1 aliphatic carbocycles. The van der Waals surface area contributed by atoms with Crippen molar-refractivity contribution in [1.82, 2.24) is 15.5 Å². The van der Waals surface area contributed by atoms with E-state index in [-0.39, 0.29) is 68.2 Å². The third-order valence-electron chi connectivity index (χ3n) is 8.87. The Morgan fingerprint density at radius 3 is 2.46 bits per heavy atom. The minimum Gasteiger partial charge on any atom is -0.444 e. The van der Waals surface area contributed by atoms with Crippen LogP contribution in [0, 0.1) is 5.92 Å². The average Bonchev–Trinajstić information content (AvgIpc) is 3.07. The number of hydrogen-bond acceptors (Lipinski definition) is 8. The van der Waals surface area contributed by atoms with Gasteiger partial charge >= 0.3 is 12.3 Å². The normalized spacial score (nSPS) is 18.5. The molecule has 2 unspecified atom stereocenters. The summed E-state index contributed by atoms with van der Waals surface area (Å²) in [5.41, 5.74) is -3.88. The van der Waals surface area contributed by atoms with Gasteiger partial charge in [0.25, 0.3) is 21.8 Å². The SMILES string of the molecule is C=CCOCC1(C(=O)NC(CNC(=O)c2cc(S(=O)(=O)N(CC=C)c3cccc(C(F)(F)F)c3)ccc2Cl)C2CCC2)CN(C(=O)OC(C)(C)C)CCO1. The highest BCUT2D eigenvalue weighted by Gasteiger charge is 2.47. The predicted molar refractivity (Wildman–Crippen MR) is 197 cm³/mol. The Kier molecular flexibility index (Phi) is 13.9. The average molecular weight is 799 g/mol. The number of rotatable bonds is 15. The summed E-state index contributed by atoms with van der Waals surface area (Å²) < 4.78 is 86.0. The molecule has 0 radical (unpaired) electrons. The van der Waals surface area contributed by atoms with Crippen molar-refractivity contribution >= 4 is 45.2 Å². The number of hydrogen-bond donors (Lipinski definition) is 2. The van der Waals surface area contributed by atoms with Gasteiger partial charge in [-0.3, -0.25) is 13.9 Å². The third kappa shape index (κ3) is 10.5. The number of sulfonamides is 1. The third-order valence-corrected chi connectivity index (χ3v) is 11.0. The van der Waals surface area contributed by atoms with E-state index in [1.54, 1.807) is 20.8 Å². The first-order valence-electron chi connectivity index (χ1n) is 17.3. The first-order valence-corrected chi connectivity index (χ1v) is 19.1. The minimum atomic E-state index is -4.72. The molecule has 0 bridgehead atoms. The fourth-order valence-corrected chi connectivity index (χ4v) is 7.56. The molecule has 2 N–H and O–H groups in total. The number of carbonyl (C=O) groups is 3. The number of benzene rings is 2. The van der Waals surface area contributed by atoms with Crippen LogP contribution < -0.4 is 14.9 Å². The maximum atomic E-state index is 14.1. The molecule has 1 heterocycles. The maximum Gasteiger partial charge on any atom is 0.416 e. The van der Waals surface area contributed by atoms with E-state index in [0.29, 0.717) is 6.07 Å². The van der Waals surface area contributed by atoms with Gasteiger partial charge in [0.1, 0.15) is 5.60 Å². The number of nitrogens with one attached hydrogen (secondary N) is 2. The van der Waals surface area contributed by atoms with Crippen LogP contribution in [0.3, 0.4) is 0 Å². The smallest absolute Gasteiger partial charge is 0.416 e. The lowest BCUT2D eigenvalue weighted by molar-refractivity contribution is -0.171. The number of amides is 3. The van der Waals surface area contributed by atoms with Crippen molar-refractivity contribution in [2.24, 2.45) is 5.92 Å². The predicted octanol–water partition coefficient (Wildman–Crippen LogP) is 5.96. The molecule has 2 atom stereocenters. The zero-order valence-corrected chi connectivity index (χ0v) is 32.0. The Morgan fingerprint density at radius 1 is 1.13 bits per heavy atom. The molecule has 17 heteroatoms. The van der Waals surface area contributed by atoms with Gasteiger partial charge in [0, 0.05) is 19.1 Å². The van der Waals surface area contributed by atoms with Crippen molar-refractivity contribution in [3.8, 4) is 0 Å². The van der Waals surface area contributed by atoms with Gasteiger partial charge in [0.2, 0.25) is 0 Å². The molecule has 296 valence electrons. The van der Waals surface area contributed by atoms with Crippen LogP contribution in [0.1, 0.15) is 56.0 Å². The summed E-state index contributed by atoms with van der Waals surface area (Å²) in [7, 11) is -4.53. The lowest BCUT2D eigenvalue weighted by atomic mass is 9.79. The van der Waals surface area contributed by atoms with Crippen molar-refractivity contribution in [2.45, 2.75) is 68.3 Å². The number of carbonyl (C=O) groups excluding carboxylic acids is 3. The fraction of sp³-hybridized carbons (Fsp3) is 0.486. The second-order valence-corrected chi connectivity index (χ2v) is 16.3. The van der Waals surface area contributed by atoms with Crippen LogP contribution in [-0.4, -0.2) is 94.5 Å². The van der Waals surface area contributed by atoms with Gasteiger partial charge in [-0.15, -0.1) is 13.2 Å². The van der Waals surface area contributed by atoms with Crippen LogP contribution in [0.25, 0.3) is 0 Å². The quantitative estimate of drug-likeness (QED) is 0.166. The van der Waals surface area contributed by atoms with E-state index in [1.165, 1.54) is 29.2 Å². The van der Waals surface area contributed by atoms with Crippen LogP contribution in [0.4, 0.5) is 23.7 Å². The number of nitrogens with zero attached hydrogens (tertiary/aromatic N) is 2. The summed E-state index contributed by atoms with van der Waals surface area (Å²) in [6, 6.07) is 6.65. The molecular weight excluding hydrogens is 753 g/mol. The largest absolute Gasteiger partial charge is 0.444 e. The van der Waals surface area contributed by atoms with Crippen molar-refractivity contribution in [2.75, 3.05) is 50.3 Å². The summed E-state index contributed by atoms with van der Waals surface area (Å²) >= 11 is 6.37. The standard InChI is InChI=1S/C37H46ClF3N4O8S/c1-6-16-45(27-13-9-12-26(20-27)37(39,40)41)54(49,50)28-14-15-30(38)29(21-28)32(46)42-22-31(25-10-8-11-25)43-33(47)36(24-51-18-7-2)23-44(17-19-52-36)34(48)53-35(3,4)5/h6-7,9,12-15,20-21,25,31H,1-2,8,10-11,16-19,22-24H2,3-5H3,(H,42,46)(H,43,47). The van der Waals surface area contributed by atoms with E-state index in [2.05, 4.69) is 23.8 Å². The molecule has 0 spiro atoms. The van der Waals surface area contributed by atoms with Crippen molar-refractivity contribution in [1.29, 1.82) is 0 Å². The summed E-state index contributed by atoms with van der Waals surface area (Å²) in [6.45, 7) is 11.9. The molecule has 2 aliphatic rings. The van der Waals surface area contributed by atoms with Crippen LogP contribution in [0.5, 0.6) is 0 Å². The van der Waals surface area contributed by atoms with Crippen LogP contribution in [-0.2, 0) is 35.2 Å². The highest BCUT2D eigenvalue weighted by atomic mass is 35.5. The summed E-state index contributed by atoms with van der Waals surface area (Å²) in [5.74, 6) is -1.33. The molecule has 3 amide bonds. The van der Waals surface area contributed by atoms with E-state index in [9.17, 15) is 36.0 Å². The molecule has 1 saturated heterocycles. The number of anilines is 1. The molecule has 0 aromatic heterocycles. The second kappa shape index (κ2) is 17.6. The summed E-state index contributed by atoms with van der Waals surface area (Å²) in [4.78, 5) is 41.6. The summed E-state index contributed by atoms with van der Waals surface area (Å²) in [6.07, 6.45) is -0.173. The molecule has 2 aromatic rings. The number of ether oxygens (including phenoxy) is 3. The van der Waals surface area contributed by atoms with Gasteiger partial charge in [-0.2, -0.15) is 13.2 Å². The van der Waals surface area contributed by atoms with Crippen LogP contribution in [0.2, 0.25) is 5.02 Å². The van der Waals surface area contributed by atoms with Crippen LogP contribution >= 0.6 is 11.6 Å². The molecule has 1 aliphatic heterocycles.